The number of carbonyl (C=O) groups is 1. The Morgan fingerprint density at radius 2 is 2.00 bits per heavy atom. The average molecular weight is 275 g/mol. The van der Waals surface area contributed by atoms with Crippen LogP contribution in [0.5, 0.6) is 0 Å². The van der Waals surface area contributed by atoms with E-state index in [0.29, 0.717) is 11.4 Å². The molecule has 0 fully saturated rings. The molecular weight excluding hydrogens is 258 g/mol. The summed E-state index contributed by atoms with van der Waals surface area (Å²) in [6.07, 6.45) is 0. The molecule has 102 valence electrons. The van der Waals surface area contributed by atoms with Gasteiger partial charge >= 0.3 is 5.97 Å². The van der Waals surface area contributed by atoms with Crippen LogP contribution in [0.1, 0.15) is 25.2 Å². The molecule has 0 atom stereocenters. The Morgan fingerprint density at radius 3 is 2.39 bits per heavy atom. The number of carboxylic acids is 1. The van der Waals surface area contributed by atoms with E-state index in [1.54, 1.807) is 13.8 Å². The van der Waals surface area contributed by atoms with Crippen molar-refractivity contribution in [3.05, 3.63) is 11.4 Å². The summed E-state index contributed by atoms with van der Waals surface area (Å²) < 4.78 is 26.4. The lowest BCUT2D eigenvalue weighted by atomic mass is 9.95. The van der Waals surface area contributed by atoms with Gasteiger partial charge in [-0.3, -0.25) is 9.89 Å². The fourth-order valence-corrected chi connectivity index (χ4v) is 2.94. The zero-order chi connectivity index (χ0) is 14.1. The lowest BCUT2D eigenvalue weighted by molar-refractivity contribution is -0.146. The van der Waals surface area contributed by atoms with Crippen LogP contribution < -0.4 is 4.72 Å². The first-order chi connectivity index (χ1) is 8.08. The third-order valence-electron chi connectivity index (χ3n) is 2.61. The molecule has 0 spiro atoms. The third kappa shape index (κ3) is 2.88. The van der Waals surface area contributed by atoms with Crippen molar-refractivity contribution in [2.45, 2.75) is 32.6 Å². The molecule has 0 bridgehead atoms. The smallest absolute Gasteiger partial charge is 0.310 e. The molecule has 0 radical (unpaired) electrons. The van der Waals surface area contributed by atoms with Crippen molar-refractivity contribution in [2.24, 2.45) is 5.41 Å². The van der Waals surface area contributed by atoms with E-state index in [1.807, 2.05) is 0 Å². The Kier molecular flexibility index (Phi) is 3.82. The first kappa shape index (κ1) is 14.7. The normalized spacial score (nSPS) is 12.7. The number of carboxylic acid groups (broad SMARTS) is 1. The van der Waals surface area contributed by atoms with E-state index in [9.17, 15) is 13.2 Å². The molecule has 0 unspecified atom stereocenters. The molecule has 1 aromatic heterocycles. The number of rotatable bonds is 5. The number of sulfonamides is 1. The minimum absolute atomic E-state index is 0.0729. The molecule has 18 heavy (non-hydrogen) atoms. The summed E-state index contributed by atoms with van der Waals surface area (Å²) in [4.78, 5) is 11.0. The highest BCUT2D eigenvalue weighted by Gasteiger charge is 2.30. The number of aryl methyl sites for hydroxylation is 2. The highest BCUT2D eigenvalue weighted by molar-refractivity contribution is 7.89. The highest BCUT2D eigenvalue weighted by atomic mass is 32.2. The quantitative estimate of drug-likeness (QED) is 0.720. The molecule has 0 aromatic carbocycles. The fourth-order valence-electron chi connectivity index (χ4n) is 1.36. The molecule has 7 nitrogen and oxygen atoms in total. The van der Waals surface area contributed by atoms with Crippen LogP contribution in [0.15, 0.2) is 4.90 Å². The van der Waals surface area contributed by atoms with Gasteiger partial charge in [-0.05, 0) is 27.7 Å². The monoisotopic (exact) mass is 275 g/mol. The molecular formula is C10H17N3O4S. The van der Waals surface area contributed by atoms with Crippen molar-refractivity contribution in [3.8, 4) is 0 Å². The lowest BCUT2D eigenvalue weighted by Crippen LogP contribution is -2.39. The van der Waals surface area contributed by atoms with Crippen molar-refractivity contribution < 1.29 is 18.3 Å². The molecule has 1 aromatic rings. The van der Waals surface area contributed by atoms with Crippen molar-refractivity contribution in [1.29, 1.82) is 0 Å². The second kappa shape index (κ2) is 4.69. The number of aromatic nitrogens is 2. The van der Waals surface area contributed by atoms with E-state index in [1.165, 1.54) is 13.8 Å². The second-order valence-electron chi connectivity index (χ2n) is 4.78. The standard InChI is InChI=1S/C10H17N3O4S/c1-6-8(7(2)13-12-6)18(16,17)11-5-10(3,4)9(14)15/h11H,5H2,1-4H3,(H,12,13)(H,14,15). The largest absolute Gasteiger partial charge is 0.481 e. The minimum atomic E-state index is -3.75. The van der Waals surface area contributed by atoms with Gasteiger partial charge in [0.1, 0.15) is 4.90 Å². The van der Waals surface area contributed by atoms with Gasteiger partial charge in [-0.2, -0.15) is 5.10 Å². The fraction of sp³-hybridized carbons (Fsp3) is 0.600. The Morgan fingerprint density at radius 1 is 1.44 bits per heavy atom. The molecule has 0 aliphatic heterocycles. The summed E-state index contributed by atoms with van der Waals surface area (Å²) in [5.41, 5.74) is -0.389. The SMILES string of the molecule is Cc1n[nH]c(C)c1S(=O)(=O)NCC(C)(C)C(=O)O. The van der Waals surface area contributed by atoms with Gasteiger partial charge in [0.2, 0.25) is 10.0 Å². The number of nitrogens with zero attached hydrogens (tertiary/aromatic N) is 1. The van der Waals surface area contributed by atoms with E-state index >= 15 is 0 Å². The van der Waals surface area contributed by atoms with Crippen LogP contribution in [0.25, 0.3) is 0 Å². The van der Waals surface area contributed by atoms with Crippen LogP contribution in [-0.4, -0.2) is 36.2 Å². The number of H-pyrrole nitrogens is 1. The average Bonchev–Trinajstić information content (AvgIpc) is 2.56. The summed E-state index contributed by atoms with van der Waals surface area (Å²) >= 11 is 0. The van der Waals surface area contributed by atoms with Gasteiger partial charge < -0.3 is 5.11 Å². The molecule has 0 aliphatic carbocycles. The third-order valence-corrected chi connectivity index (χ3v) is 4.28. The van der Waals surface area contributed by atoms with Gasteiger partial charge in [-0.1, -0.05) is 0 Å². The Balaban J connectivity index is 2.95. The summed E-state index contributed by atoms with van der Waals surface area (Å²) in [7, 11) is -3.75. The van der Waals surface area contributed by atoms with Crippen molar-refractivity contribution >= 4 is 16.0 Å². The minimum Gasteiger partial charge on any atom is -0.481 e. The first-order valence-corrected chi connectivity index (χ1v) is 6.81. The first-order valence-electron chi connectivity index (χ1n) is 5.32. The molecule has 8 heteroatoms. The summed E-state index contributed by atoms with van der Waals surface area (Å²) in [6.45, 7) is 5.88. The van der Waals surface area contributed by atoms with Crippen LogP contribution in [0.2, 0.25) is 0 Å². The maximum atomic E-state index is 12.0. The van der Waals surface area contributed by atoms with Gasteiger partial charge in [0.15, 0.2) is 0 Å². The Labute approximate surface area is 106 Å². The van der Waals surface area contributed by atoms with Crippen molar-refractivity contribution in [1.82, 2.24) is 14.9 Å². The highest BCUT2D eigenvalue weighted by Crippen LogP contribution is 2.19. The molecule has 1 rings (SSSR count). The second-order valence-corrected chi connectivity index (χ2v) is 6.48. The van der Waals surface area contributed by atoms with Crippen LogP contribution in [0.3, 0.4) is 0 Å². The number of hydrogen-bond donors (Lipinski definition) is 3. The summed E-state index contributed by atoms with van der Waals surface area (Å²) in [6, 6.07) is 0. The molecule has 0 saturated heterocycles. The van der Waals surface area contributed by atoms with E-state index in [-0.39, 0.29) is 11.4 Å². The predicted molar refractivity (Wildman–Crippen MR) is 64.7 cm³/mol. The van der Waals surface area contributed by atoms with Crippen LogP contribution in [-0.2, 0) is 14.8 Å². The molecule has 0 amide bonds. The van der Waals surface area contributed by atoms with Crippen LogP contribution in [0.4, 0.5) is 0 Å². The Hall–Kier alpha value is -1.41. The van der Waals surface area contributed by atoms with Gasteiger partial charge in [0, 0.05) is 6.54 Å². The van der Waals surface area contributed by atoms with Gasteiger partial charge in [0.05, 0.1) is 16.8 Å². The Bertz CT molecular complexity index is 540. The molecule has 0 aliphatic rings. The van der Waals surface area contributed by atoms with Crippen LogP contribution >= 0.6 is 0 Å². The van der Waals surface area contributed by atoms with E-state index < -0.39 is 21.4 Å². The van der Waals surface area contributed by atoms with Gasteiger partial charge in [-0.15, -0.1) is 0 Å². The topological polar surface area (TPSA) is 112 Å². The summed E-state index contributed by atoms with van der Waals surface area (Å²) in [5, 5.41) is 15.3. The van der Waals surface area contributed by atoms with Gasteiger partial charge in [-0.25, -0.2) is 13.1 Å². The molecule has 1 heterocycles. The predicted octanol–water partition coefficient (Wildman–Crippen LogP) is 0.416. The number of aliphatic carboxylic acids is 1. The van der Waals surface area contributed by atoms with E-state index in [4.69, 9.17) is 5.11 Å². The van der Waals surface area contributed by atoms with Crippen molar-refractivity contribution in [2.75, 3.05) is 6.54 Å². The maximum absolute atomic E-state index is 12.0. The molecule has 3 N–H and O–H groups in total. The van der Waals surface area contributed by atoms with E-state index in [0.717, 1.165) is 0 Å². The zero-order valence-corrected chi connectivity index (χ0v) is 11.6. The van der Waals surface area contributed by atoms with Crippen LogP contribution in [0, 0.1) is 19.3 Å². The number of aromatic amines is 1. The van der Waals surface area contributed by atoms with E-state index in [2.05, 4.69) is 14.9 Å². The number of hydrogen-bond acceptors (Lipinski definition) is 4. The molecule has 0 saturated carbocycles. The maximum Gasteiger partial charge on any atom is 0.310 e. The zero-order valence-electron chi connectivity index (χ0n) is 10.7. The van der Waals surface area contributed by atoms with Gasteiger partial charge in [0.25, 0.3) is 0 Å². The number of nitrogens with one attached hydrogen (secondary N) is 2. The summed E-state index contributed by atoms with van der Waals surface area (Å²) in [5.74, 6) is -1.06. The lowest BCUT2D eigenvalue weighted by Gasteiger charge is -2.19. The van der Waals surface area contributed by atoms with Crippen molar-refractivity contribution in [3.63, 3.8) is 0 Å².